The average molecular weight is 855 g/mol. The number of carbonyl (C=O) groups is 4. The summed E-state index contributed by atoms with van der Waals surface area (Å²) in [6.45, 7) is 4.27. The lowest BCUT2D eigenvalue weighted by atomic mass is 10.0. The molecule has 2 amide bonds. The van der Waals surface area contributed by atoms with Gasteiger partial charge in [-0.2, -0.15) is 13.9 Å². The van der Waals surface area contributed by atoms with E-state index in [1.54, 1.807) is 29.2 Å². The summed E-state index contributed by atoms with van der Waals surface area (Å²) in [5.74, 6) is -4.69. The fourth-order valence-electron chi connectivity index (χ4n) is 6.64. The molecule has 1 aromatic carbocycles. The minimum Gasteiger partial charge on any atom is -0.478 e. The second-order valence-electron chi connectivity index (χ2n) is 14.3. The van der Waals surface area contributed by atoms with Gasteiger partial charge in [0.25, 0.3) is 11.8 Å². The predicted molar refractivity (Wildman–Crippen MR) is 213 cm³/mol. The number of carbonyl (C=O) groups excluding carboxylic acids is 2. The summed E-state index contributed by atoms with van der Waals surface area (Å²) < 4.78 is 23.1. The Morgan fingerprint density at radius 2 is 2.05 bits per heavy atom. The van der Waals surface area contributed by atoms with Gasteiger partial charge >= 0.3 is 11.9 Å². The number of β-lactam (4-membered cyclic amide) rings is 1. The highest BCUT2D eigenvalue weighted by molar-refractivity contribution is 8.00. The molecule has 1 unspecified atom stereocenters. The monoisotopic (exact) mass is 854 g/mol. The van der Waals surface area contributed by atoms with Crippen LogP contribution in [0.5, 0.6) is 0 Å². The number of piperidine rings is 1. The Morgan fingerprint density at radius 1 is 1.26 bits per heavy atom. The number of carboxylic acid groups (broad SMARTS) is 2. The third-order valence-corrected chi connectivity index (χ3v) is 12.0. The molecule has 2 fully saturated rings. The number of anilines is 1. The van der Waals surface area contributed by atoms with Gasteiger partial charge in [-0.05, 0) is 51.4 Å². The first-order valence-corrected chi connectivity index (χ1v) is 20.1. The zero-order chi connectivity index (χ0) is 41.5. The van der Waals surface area contributed by atoms with Crippen LogP contribution in [0.2, 0.25) is 5.02 Å². The molecular formula is C36H38ClFN11O7S2+. The zero-order valence-electron chi connectivity index (χ0n) is 31.0. The number of aromatic nitrogens is 4. The van der Waals surface area contributed by atoms with Gasteiger partial charge in [0.1, 0.15) is 34.3 Å². The molecule has 3 aromatic heterocycles. The van der Waals surface area contributed by atoms with Crippen LogP contribution in [0.4, 0.5) is 9.52 Å². The van der Waals surface area contributed by atoms with Crippen molar-refractivity contribution in [2.45, 2.75) is 62.8 Å². The number of halogens is 2. The second kappa shape index (κ2) is 16.3. The number of oxime groups is 1. The third kappa shape index (κ3) is 8.20. The molecule has 3 aliphatic rings. The first kappa shape index (κ1) is 40.6. The number of nitrogens with two attached hydrogens (primary N) is 2. The van der Waals surface area contributed by atoms with Gasteiger partial charge in [-0.1, -0.05) is 16.8 Å². The summed E-state index contributed by atoms with van der Waals surface area (Å²) in [5.41, 5.74) is 11.2. The van der Waals surface area contributed by atoms with Gasteiger partial charge in [-0.25, -0.2) is 14.0 Å². The number of amides is 2. The molecule has 0 spiro atoms. The van der Waals surface area contributed by atoms with Gasteiger partial charge in [0.15, 0.2) is 24.1 Å². The van der Waals surface area contributed by atoms with Gasteiger partial charge in [0.2, 0.25) is 17.1 Å². The Balaban J connectivity index is 1.08. The van der Waals surface area contributed by atoms with Gasteiger partial charge < -0.3 is 41.7 Å². The van der Waals surface area contributed by atoms with Gasteiger partial charge in [0.05, 0.1) is 12.6 Å². The zero-order valence-corrected chi connectivity index (χ0v) is 33.4. The van der Waals surface area contributed by atoms with Crippen molar-refractivity contribution in [1.29, 1.82) is 0 Å². The minimum atomic E-state index is -1.83. The molecule has 304 valence electrons. The number of thioether (sulfide) groups is 1. The third-order valence-electron chi connectivity index (χ3n) is 9.79. The second-order valence-corrected chi connectivity index (χ2v) is 16.6. The summed E-state index contributed by atoms with van der Waals surface area (Å²) in [5, 5.41) is 29.5. The number of aliphatic carboxylic acids is 2. The Hall–Kier alpha value is -5.64. The highest BCUT2D eigenvalue weighted by Crippen LogP contribution is 2.40. The van der Waals surface area contributed by atoms with Crippen molar-refractivity contribution in [3.63, 3.8) is 0 Å². The van der Waals surface area contributed by atoms with Crippen LogP contribution in [0.1, 0.15) is 43.6 Å². The number of hydrogen-bond donors (Lipinski definition) is 6. The molecule has 4 aromatic rings. The van der Waals surface area contributed by atoms with Crippen LogP contribution in [-0.2, 0) is 37.1 Å². The number of rotatable bonds is 13. The Kier molecular flexibility index (Phi) is 11.4. The lowest BCUT2D eigenvalue weighted by Gasteiger charge is -2.49. The molecule has 8 N–H and O–H groups in total. The van der Waals surface area contributed by atoms with E-state index in [4.69, 9.17) is 27.9 Å². The first-order chi connectivity index (χ1) is 27.6. The molecule has 0 bridgehead atoms. The van der Waals surface area contributed by atoms with Crippen molar-refractivity contribution in [3.05, 3.63) is 81.9 Å². The number of amidine groups is 1. The van der Waals surface area contributed by atoms with Gasteiger partial charge in [-0.15, -0.1) is 11.8 Å². The van der Waals surface area contributed by atoms with Crippen LogP contribution in [0, 0.1) is 5.82 Å². The van der Waals surface area contributed by atoms with Crippen LogP contribution in [0.25, 0.3) is 10.9 Å². The Morgan fingerprint density at radius 3 is 2.72 bits per heavy atom. The molecule has 3 atom stereocenters. The van der Waals surface area contributed by atoms with Crippen molar-refractivity contribution in [1.82, 2.24) is 29.5 Å². The molecule has 58 heavy (non-hydrogen) atoms. The SMILES string of the molecule is CC(C)(O/N=C(\C(=O)N[C@@H]1C(=O)N2C(C(=O)O)=C(C[n+]3ccc4ccn(Cc5c(F)cc(C(N)=NC6CCCNC6)cc5Cl)c4c3)CS[C@H]12)c1nsc(N)n1)C(=O)O. The smallest absolute Gasteiger partial charge is 0.352 e. The maximum absolute atomic E-state index is 15.6. The summed E-state index contributed by atoms with van der Waals surface area (Å²) in [6.07, 6.45) is 7.25. The largest absolute Gasteiger partial charge is 0.478 e. The van der Waals surface area contributed by atoms with Crippen LogP contribution in [-0.4, -0.2) is 106 Å². The average Bonchev–Trinajstić information content (AvgIpc) is 3.80. The molecule has 18 nitrogen and oxygen atoms in total. The Labute approximate surface area is 342 Å². The van der Waals surface area contributed by atoms with Crippen molar-refractivity contribution < 1.29 is 43.2 Å². The van der Waals surface area contributed by atoms with E-state index in [0.717, 1.165) is 46.7 Å². The van der Waals surface area contributed by atoms with E-state index in [9.17, 15) is 29.4 Å². The highest BCUT2D eigenvalue weighted by atomic mass is 35.5. The van der Waals surface area contributed by atoms with Gasteiger partial charge in [0, 0.05) is 63.2 Å². The fraction of sp³-hybridized carbons (Fsp3) is 0.361. The predicted octanol–water partition coefficient (Wildman–Crippen LogP) is 1.68. The lowest BCUT2D eigenvalue weighted by Crippen LogP contribution is -2.71. The maximum atomic E-state index is 15.6. The molecule has 22 heteroatoms. The number of nitrogens with one attached hydrogen (secondary N) is 2. The Bertz CT molecular complexity index is 2400. The quantitative estimate of drug-likeness (QED) is 0.0369. The van der Waals surface area contributed by atoms with E-state index in [1.807, 2.05) is 16.7 Å². The molecule has 0 aliphatic carbocycles. The minimum absolute atomic E-state index is 0.00101. The van der Waals surface area contributed by atoms with Crippen LogP contribution >= 0.6 is 34.9 Å². The van der Waals surface area contributed by atoms with Crippen LogP contribution < -0.4 is 26.7 Å². The number of hydrogen-bond acceptors (Lipinski definition) is 13. The molecule has 6 heterocycles. The normalized spacial score (nSPS) is 20.2. The fourth-order valence-corrected chi connectivity index (χ4v) is 8.68. The molecule has 3 aliphatic heterocycles. The van der Waals surface area contributed by atoms with E-state index in [1.165, 1.54) is 31.7 Å². The van der Waals surface area contributed by atoms with E-state index >= 15 is 4.39 Å². The van der Waals surface area contributed by atoms with Crippen molar-refractivity contribution in [2.75, 3.05) is 24.6 Å². The summed E-state index contributed by atoms with van der Waals surface area (Å²) in [4.78, 5) is 65.9. The molecule has 7 rings (SSSR count). The topological polar surface area (TPSA) is 257 Å². The van der Waals surface area contributed by atoms with E-state index in [-0.39, 0.29) is 58.0 Å². The van der Waals surface area contributed by atoms with Crippen LogP contribution in [0.15, 0.2) is 64.3 Å². The number of aliphatic imine (C=N–C) groups is 1. The molecule has 0 radical (unpaired) electrons. The molecule has 2 saturated heterocycles. The maximum Gasteiger partial charge on any atom is 0.352 e. The number of fused-ring (bicyclic) bond motifs is 2. The van der Waals surface area contributed by atoms with Crippen LogP contribution in [0.3, 0.4) is 0 Å². The summed E-state index contributed by atoms with van der Waals surface area (Å²) in [6, 6.07) is 5.51. The van der Waals surface area contributed by atoms with Crippen molar-refractivity contribution in [2.24, 2.45) is 15.9 Å². The summed E-state index contributed by atoms with van der Waals surface area (Å²) >= 11 is 8.63. The summed E-state index contributed by atoms with van der Waals surface area (Å²) in [7, 11) is 0. The standard InChI is InChI=1S/C36H37ClFN11O7S2/c1-36(2,34(54)55)56-45-25(29-44-35(40)58-46-29)30(50)43-26-31(51)49-27(33(52)53)19(16-57-32(26)49)13-47-8-5-17-6-9-48(24(17)15-47)14-21-22(37)10-18(11-23(21)38)28(39)42-20-4-3-7-41-12-20/h5-6,8-11,15,20,26,32,41H,3-4,7,12-14,16H2,1-2H3,(H6-,39,40,42,43,44,46,50,52,53,54,55)/p+1/b45-25-/t20?,26-,32-/m1/s1. The molecular weight excluding hydrogens is 817 g/mol. The number of nitrogens with zero attached hydrogens (tertiary/aromatic N) is 7. The van der Waals surface area contributed by atoms with Crippen molar-refractivity contribution in [3.8, 4) is 0 Å². The highest BCUT2D eigenvalue weighted by Gasteiger charge is 2.55. The number of carboxylic acids is 2. The number of pyridine rings is 1. The van der Waals surface area contributed by atoms with E-state index in [0.29, 0.717) is 17.7 Å². The first-order valence-electron chi connectivity index (χ1n) is 17.9. The number of benzene rings is 1. The lowest BCUT2D eigenvalue weighted by molar-refractivity contribution is -0.687. The van der Waals surface area contributed by atoms with E-state index < -0.39 is 52.3 Å². The number of nitrogen functional groups attached to an aromatic ring is 1. The van der Waals surface area contributed by atoms with E-state index in [2.05, 4.69) is 30.1 Å². The van der Waals surface area contributed by atoms with Gasteiger partial charge in [-0.3, -0.25) is 19.5 Å². The van der Waals surface area contributed by atoms with Crippen molar-refractivity contribution >= 4 is 86.2 Å². The molecule has 0 saturated carbocycles.